The molecular formula is C18H21FN2O2S. The smallest absolute Gasteiger partial charge is 0.273 e. The van der Waals surface area contributed by atoms with Crippen molar-refractivity contribution >= 4 is 17.2 Å². The molecule has 1 amide bonds. The Bertz CT molecular complexity index is 704. The molecule has 0 spiro atoms. The van der Waals surface area contributed by atoms with E-state index >= 15 is 0 Å². The lowest BCUT2D eigenvalue weighted by Crippen LogP contribution is -2.35. The fraction of sp³-hybridized carbons (Fsp3) is 0.444. The molecule has 0 radical (unpaired) electrons. The number of hydrogen-bond acceptors (Lipinski definition) is 4. The zero-order valence-electron chi connectivity index (χ0n) is 13.4. The van der Waals surface area contributed by atoms with Crippen molar-refractivity contribution in [2.45, 2.75) is 38.1 Å². The van der Waals surface area contributed by atoms with Gasteiger partial charge in [0.05, 0.1) is 5.01 Å². The van der Waals surface area contributed by atoms with Gasteiger partial charge in [0.2, 0.25) is 0 Å². The maximum atomic E-state index is 13.7. The molecule has 1 aromatic carbocycles. The molecule has 1 unspecified atom stereocenters. The predicted molar refractivity (Wildman–Crippen MR) is 91.7 cm³/mol. The first-order valence-corrected chi connectivity index (χ1v) is 9.16. The molecule has 1 saturated heterocycles. The van der Waals surface area contributed by atoms with E-state index in [1.807, 2.05) is 4.90 Å². The fourth-order valence-corrected chi connectivity index (χ4v) is 3.96. The van der Waals surface area contributed by atoms with Crippen LogP contribution in [0.2, 0.25) is 0 Å². The second-order valence-electron chi connectivity index (χ2n) is 6.06. The van der Waals surface area contributed by atoms with E-state index in [9.17, 15) is 9.18 Å². The van der Waals surface area contributed by atoms with E-state index < -0.39 is 0 Å². The van der Waals surface area contributed by atoms with E-state index in [4.69, 9.17) is 5.11 Å². The number of benzene rings is 1. The summed E-state index contributed by atoms with van der Waals surface area (Å²) in [7, 11) is 0. The van der Waals surface area contributed by atoms with Gasteiger partial charge in [0.1, 0.15) is 11.5 Å². The molecule has 0 aliphatic carbocycles. The van der Waals surface area contributed by atoms with E-state index in [-0.39, 0.29) is 24.4 Å². The molecule has 4 nitrogen and oxygen atoms in total. The molecule has 128 valence electrons. The largest absolute Gasteiger partial charge is 0.396 e. The van der Waals surface area contributed by atoms with Crippen molar-refractivity contribution in [1.82, 2.24) is 9.88 Å². The maximum Gasteiger partial charge on any atom is 0.273 e. The Labute approximate surface area is 145 Å². The fourth-order valence-electron chi connectivity index (χ4n) is 3.17. The van der Waals surface area contributed by atoms with Crippen molar-refractivity contribution in [3.63, 3.8) is 0 Å². The molecule has 1 aliphatic rings. The van der Waals surface area contributed by atoms with Crippen LogP contribution in [0.15, 0.2) is 29.6 Å². The number of aliphatic hydroxyl groups is 1. The Hall–Kier alpha value is -1.79. The Morgan fingerprint density at radius 2 is 2.25 bits per heavy atom. The van der Waals surface area contributed by atoms with Gasteiger partial charge in [-0.15, -0.1) is 11.3 Å². The van der Waals surface area contributed by atoms with Crippen LogP contribution in [-0.4, -0.2) is 40.1 Å². The van der Waals surface area contributed by atoms with Crippen LogP contribution in [0, 0.1) is 5.82 Å². The van der Waals surface area contributed by atoms with Crippen LogP contribution in [0.4, 0.5) is 4.39 Å². The number of halogens is 1. The average molecular weight is 348 g/mol. The van der Waals surface area contributed by atoms with Crippen molar-refractivity contribution in [2.24, 2.45) is 0 Å². The lowest BCUT2D eigenvalue weighted by atomic mass is 10.1. The summed E-state index contributed by atoms with van der Waals surface area (Å²) in [4.78, 5) is 19.0. The van der Waals surface area contributed by atoms with E-state index in [0.29, 0.717) is 24.1 Å². The average Bonchev–Trinajstić information content (AvgIpc) is 3.24. The highest BCUT2D eigenvalue weighted by molar-refractivity contribution is 7.09. The Morgan fingerprint density at radius 1 is 1.42 bits per heavy atom. The molecule has 0 bridgehead atoms. The Balaban J connectivity index is 1.68. The summed E-state index contributed by atoms with van der Waals surface area (Å²) in [5.74, 6) is -0.296. The van der Waals surface area contributed by atoms with Gasteiger partial charge in [-0.05, 0) is 37.3 Å². The van der Waals surface area contributed by atoms with Crippen molar-refractivity contribution in [1.29, 1.82) is 0 Å². The first-order valence-electron chi connectivity index (χ1n) is 8.28. The zero-order valence-corrected chi connectivity index (χ0v) is 14.3. The molecular weight excluding hydrogens is 327 g/mol. The van der Waals surface area contributed by atoms with E-state index in [2.05, 4.69) is 4.98 Å². The number of aliphatic hydroxyl groups excluding tert-OH is 1. The SMILES string of the molecule is O=C(c1csc(Cc2ccccc2F)n1)N1CCCC1CCCO. The number of aromatic nitrogens is 1. The highest BCUT2D eigenvalue weighted by atomic mass is 32.1. The van der Waals surface area contributed by atoms with E-state index in [1.54, 1.807) is 23.6 Å². The molecule has 3 rings (SSSR count). The van der Waals surface area contributed by atoms with Gasteiger partial charge in [0.15, 0.2) is 0 Å². The maximum absolute atomic E-state index is 13.7. The van der Waals surface area contributed by atoms with Crippen molar-refractivity contribution in [3.8, 4) is 0 Å². The standard InChI is InChI=1S/C18H21FN2O2S/c19-15-8-2-1-5-13(15)11-17-20-16(12-24-17)18(23)21-9-3-6-14(21)7-4-10-22/h1-2,5,8,12,14,22H,3-4,6-7,9-11H2. The number of carbonyl (C=O) groups is 1. The van der Waals surface area contributed by atoms with Gasteiger partial charge in [0, 0.05) is 31.0 Å². The highest BCUT2D eigenvalue weighted by Crippen LogP contribution is 2.25. The minimum atomic E-state index is -0.246. The number of hydrogen-bond donors (Lipinski definition) is 1. The van der Waals surface area contributed by atoms with Crippen molar-refractivity contribution in [3.05, 3.63) is 51.7 Å². The summed E-state index contributed by atoms with van der Waals surface area (Å²) in [6, 6.07) is 6.83. The highest BCUT2D eigenvalue weighted by Gasteiger charge is 2.30. The number of carbonyl (C=O) groups excluding carboxylic acids is 1. The molecule has 2 aromatic rings. The van der Waals surface area contributed by atoms with E-state index in [1.165, 1.54) is 17.4 Å². The van der Waals surface area contributed by atoms with Gasteiger partial charge in [-0.3, -0.25) is 4.79 Å². The van der Waals surface area contributed by atoms with Gasteiger partial charge < -0.3 is 10.0 Å². The third-order valence-electron chi connectivity index (χ3n) is 4.40. The molecule has 1 aliphatic heterocycles. The zero-order chi connectivity index (χ0) is 16.9. The van der Waals surface area contributed by atoms with Crippen LogP contribution in [0.25, 0.3) is 0 Å². The van der Waals surface area contributed by atoms with Crippen molar-refractivity contribution < 1.29 is 14.3 Å². The van der Waals surface area contributed by atoms with Crippen LogP contribution < -0.4 is 0 Å². The summed E-state index contributed by atoms with van der Waals surface area (Å²) >= 11 is 1.39. The number of nitrogens with zero attached hydrogens (tertiary/aromatic N) is 2. The monoisotopic (exact) mass is 348 g/mol. The minimum absolute atomic E-state index is 0.0496. The third kappa shape index (κ3) is 3.82. The molecule has 2 heterocycles. The minimum Gasteiger partial charge on any atom is -0.396 e. The summed E-state index contributed by atoms with van der Waals surface area (Å²) in [6.07, 6.45) is 3.92. The van der Waals surface area contributed by atoms with Crippen LogP contribution >= 0.6 is 11.3 Å². The lowest BCUT2D eigenvalue weighted by molar-refractivity contribution is 0.0719. The van der Waals surface area contributed by atoms with Crippen LogP contribution in [-0.2, 0) is 6.42 Å². The predicted octanol–water partition coefficient (Wildman–Crippen LogP) is 3.25. The molecule has 1 N–H and O–H groups in total. The van der Waals surface area contributed by atoms with Crippen LogP contribution in [0.1, 0.15) is 46.7 Å². The van der Waals surface area contributed by atoms with Crippen LogP contribution in [0.5, 0.6) is 0 Å². The number of amides is 1. The second kappa shape index (κ2) is 7.85. The second-order valence-corrected chi connectivity index (χ2v) is 7.00. The molecule has 0 saturated carbocycles. The quantitative estimate of drug-likeness (QED) is 0.872. The topological polar surface area (TPSA) is 53.4 Å². The molecule has 24 heavy (non-hydrogen) atoms. The molecule has 1 aromatic heterocycles. The normalized spacial score (nSPS) is 17.4. The van der Waals surface area contributed by atoms with Gasteiger partial charge in [-0.25, -0.2) is 9.37 Å². The summed E-state index contributed by atoms with van der Waals surface area (Å²) in [5.41, 5.74) is 1.04. The molecule has 1 atom stereocenters. The van der Waals surface area contributed by atoms with Crippen LogP contribution in [0.3, 0.4) is 0 Å². The van der Waals surface area contributed by atoms with Gasteiger partial charge in [-0.1, -0.05) is 18.2 Å². The first-order chi connectivity index (χ1) is 11.7. The van der Waals surface area contributed by atoms with Gasteiger partial charge >= 0.3 is 0 Å². The van der Waals surface area contributed by atoms with Gasteiger partial charge in [-0.2, -0.15) is 0 Å². The number of rotatable bonds is 6. The first kappa shape index (κ1) is 17.0. The Kier molecular flexibility index (Phi) is 5.58. The van der Waals surface area contributed by atoms with Gasteiger partial charge in [0.25, 0.3) is 5.91 Å². The molecule has 6 heteroatoms. The lowest BCUT2D eigenvalue weighted by Gasteiger charge is -2.23. The van der Waals surface area contributed by atoms with E-state index in [0.717, 1.165) is 30.8 Å². The number of thiazole rings is 1. The van der Waals surface area contributed by atoms with Crippen molar-refractivity contribution in [2.75, 3.05) is 13.2 Å². The summed E-state index contributed by atoms with van der Waals surface area (Å²) in [5, 5.41) is 11.5. The summed E-state index contributed by atoms with van der Waals surface area (Å²) in [6.45, 7) is 0.900. The Morgan fingerprint density at radius 3 is 3.04 bits per heavy atom. The molecule has 1 fully saturated rings. The third-order valence-corrected chi connectivity index (χ3v) is 5.25. The number of likely N-dealkylation sites (tertiary alicyclic amines) is 1. The summed E-state index contributed by atoms with van der Waals surface area (Å²) < 4.78 is 13.7.